The maximum absolute atomic E-state index is 13.4. The third-order valence-electron chi connectivity index (χ3n) is 5.23. The number of carbonyl (C=O) groups is 2. The summed E-state index contributed by atoms with van der Waals surface area (Å²) in [6, 6.07) is 27.0. The Labute approximate surface area is 192 Å². The predicted molar refractivity (Wildman–Crippen MR) is 127 cm³/mol. The van der Waals surface area contributed by atoms with Crippen molar-refractivity contribution in [1.82, 2.24) is 10.2 Å². The average Bonchev–Trinajstić information content (AvgIpc) is 2.80. The van der Waals surface area contributed by atoms with Gasteiger partial charge in [0.2, 0.25) is 11.8 Å². The van der Waals surface area contributed by atoms with Crippen molar-refractivity contribution in [1.29, 1.82) is 0 Å². The number of halogens is 1. The van der Waals surface area contributed by atoms with Gasteiger partial charge in [-0.15, -0.1) is 0 Å². The first-order chi connectivity index (χ1) is 15.1. The van der Waals surface area contributed by atoms with Crippen molar-refractivity contribution in [3.63, 3.8) is 0 Å². The van der Waals surface area contributed by atoms with Crippen LogP contribution in [0.15, 0.2) is 89.4 Å². The number of rotatable bonds is 9. The third kappa shape index (κ3) is 6.79. The number of aryl methyl sites for hydroxylation is 1. The van der Waals surface area contributed by atoms with Gasteiger partial charge < -0.3 is 10.2 Å². The molecule has 5 heteroatoms. The molecule has 0 aromatic heterocycles. The van der Waals surface area contributed by atoms with E-state index in [4.69, 9.17) is 0 Å². The largest absolute Gasteiger partial charge is 0.357 e. The van der Waals surface area contributed by atoms with Crippen molar-refractivity contribution in [2.75, 3.05) is 7.05 Å². The van der Waals surface area contributed by atoms with E-state index in [1.165, 1.54) is 0 Å². The van der Waals surface area contributed by atoms with Crippen LogP contribution in [0.1, 0.15) is 23.1 Å². The number of amides is 2. The molecule has 0 saturated heterocycles. The Morgan fingerprint density at radius 2 is 1.48 bits per heavy atom. The van der Waals surface area contributed by atoms with Gasteiger partial charge in [0.15, 0.2) is 0 Å². The Hall–Kier alpha value is -2.92. The van der Waals surface area contributed by atoms with Crippen LogP contribution in [0, 0.1) is 0 Å². The summed E-state index contributed by atoms with van der Waals surface area (Å²) in [6.45, 7) is 0.373. The normalized spacial score (nSPS) is 11.5. The summed E-state index contributed by atoms with van der Waals surface area (Å²) in [5.74, 6) is -0.194. The molecule has 3 aromatic carbocycles. The Morgan fingerprint density at radius 1 is 0.871 bits per heavy atom. The number of likely N-dealkylation sites (N-methyl/N-ethyl adjacent to an activating group) is 1. The van der Waals surface area contributed by atoms with Gasteiger partial charge in [0.25, 0.3) is 0 Å². The van der Waals surface area contributed by atoms with E-state index < -0.39 is 6.04 Å². The lowest BCUT2D eigenvalue weighted by atomic mass is 10.0. The van der Waals surface area contributed by atoms with Gasteiger partial charge in [-0.1, -0.05) is 88.7 Å². The van der Waals surface area contributed by atoms with Gasteiger partial charge in [0, 0.05) is 30.9 Å². The van der Waals surface area contributed by atoms with Crippen LogP contribution in [0.3, 0.4) is 0 Å². The summed E-state index contributed by atoms with van der Waals surface area (Å²) in [4.78, 5) is 28.0. The Bertz CT molecular complexity index is 993. The molecule has 1 atom stereocenters. The second-order valence-electron chi connectivity index (χ2n) is 7.46. The molecule has 0 aliphatic heterocycles. The van der Waals surface area contributed by atoms with Gasteiger partial charge in [-0.25, -0.2) is 0 Å². The molecule has 3 aromatic rings. The molecule has 0 heterocycles. The number of hydrogen-bond acceptors (Lipinski definition) is 2. The maximum Gasteiger partial charge on any atom is 0.242 e. The number of nitrogens with zero attached hydrogens (tertiary/aromatic N) is 1. The van der Waals surface area contributed by atoms with Crippen LogP contribution in [0.5, 0.6) is 0 Å². The highest BCUT2D eigenvalue weighted by molar-refractivity contribution is 9.10. The molecule has 0 unspecified atom stereocenters. The Balaban J connectivity index is 1.87. The van der Waals surface area contributed by atoms with E-state index in [9.17, 15) is 9.59 Å². The number of nitrogens with one attached hydrogen (secondary N) is 1. The van der Waals surface area contributed by atoms with Crippen LogP contribution in [-0.4, -0.2) is 29.8 Å². The third-order valence-corrected chi connectivity index (χ3v) is 5.72. The predicted octanol–water partition coefficient (Wildman–Crippen LogP) is 4.77. The molecule has 0 saturated carbocycles. The molecule has 0 radical (unpaired) electrons. The number of hydrogen-bond donors (Lipinski definition) is 1. The highest BCUT2D eigenvalue weighted by atomic mass is 79.9. The molecular weight excluding hydrogens is 452 g/mol. The first-order valence-corrected chi connectivity index (χ1v) is 11.2. The fourth-order valence-corrected chi connectivity index (χ4v) is 4.04. The minimum Gasteiger partial charge on any atom is -0.357 e. The van der Waals surface area contributed by atoms with Gasteiger partial charge in [-0.3, -0.25) is 9.59 Å². The summed E-state index contributed by atoms with van der Waals surface area (Å²) in [7, 11) is 1.62. The quantitative estimate of drug-likeness (QED) is 0.481. The molecule has 0 bridgehead atoms. The van der Waals surface area contributed by atoms with Crippen LogP contribution >= 0.6 is 15.9 Å². The van der Waals surface area contributed by atoms with Crippen LogP contribution in [-0.2, 0) is 29.0 Å². The summed E-state index contributed by atoms with van der Waals surface area (Å²) >= 11 is 3.50. The molecule has 0 aliphatic rings. The van der Waals surface area contributed by atoms with Gasteiger partial charge in [0.05, 0.1) is 0 Å². The SMILES string of the molecule is CNC(=O)[C@@H](Cc1ccccc1)N(Cc1cccc(Br)c1)C(=O)CCc1ccccc1. The molecule has 2 amide bonds. The van der Waals surface area contributed by atoms with E-state index in [0.29, 0.717) is 25.8 Å². The molecule has 0 spiro atoms. The minimum absolute atomic E-state index is 0.0339. The lowest BCUT2D eigenvalue weighted by molar-refractivity contribution is -0.141. The van der Waals surface area contributed by atoms with E-state index in [0.717, 1.165) is 21.2 Å². The zero-order chi connectivity index (χ0) is 22.1. The molecule has 31 heavy (non-hydrogen) atoms. The van der Waals surface area contributed by atoms with E-state index in [-0.39, 0.29) is 11.8 Å². The highest BCUT2D eigenvalue weighted by Crippen LogP contribution is 2.19. The van der Waals surface area contributed by atoms with Crippen molar-refractivity contribution in [2.24, 2.45) is 0 Å². The second kappa shape index (κ2) is 11.5. The van der Waals surface area contributed by atoms with Crippen LogP contribution in [0.2, 0.25) is 0 Å². The van der Waals surface area contributed by atoms with Gasteiger partial charge in [0.1, 0.15) is 6.04 Å². The lowest BCUT2D eigenvalue weighted by Gasteiger charge is -2.31. The fraction of sp³-hybridized carbons (Fsp3) is 0.231. The van der Waals surface area contributed by atoms with Crippen LogP contribution < -0.4 is 5.32 Å². The van der Waals surface area contributed by atoms with Crippen molar-refractivity contribution in [3.8, 4) is 0 Å². The van der Waals surface area contributed by atoms with E-state index in [1.807, 2.05) is 84.9 Å². The molecular formula is C26H27BrN2O2. The average molecular weight is 479 g/mol. The monoisotopic (exact) mass is 478 g/mol. The second-order valence-corrected chi connectivity index (χ2v) is 8.37. The summed E-state index contributed by atoms with van der Waals surface area (Å²) < 4.78 is 0.946. The minimum atomic E-state index is -0.588. The molecule has 0 fully saturated rings. The van der Waals surface area contributed by atoms with E-state index >= 15 is 0 Å². The number of carbonyl (C=O) groups excluding carboxylic acids is 2. The van der Waals surface area contributed by atoms with Gasteiger partial charge in [-0.2, -0.15) is 0 Å². The summed E-state index contributed by atoms with van der Waals surface area (Å²) in [5, 5.41) is 2.75. The summed E-state index contributed by atoms with van der Waals surface area (Å²) in [5.41, 5.74) is 3.11. The first-order valence-electron chi connectivity index (χ1n) is 10.4. The van der Waals surface area contributed by atoms with Crippen molar-refractivity contribution in [3.05, 3.63) is 106 Å². The van der Waals surface area contributed by atoms with Crippen molar-refractivity contribution < 1.29 is 9.59 Å². The Morgan fingerprint density at radius 3 is 2.10 bits per heavy atom. The highest BCUT2D eigenvalue weighted by Gasteiger charge is 2.29. The first kappa shape index (κ1) is 22.8. The van der Waals surface area contributed by atoms with Crippen molar-refractivity contribution >= 4 is 27.7 Å². The standard InChI is InChI=1S/C26H27BrN2O2/c1-28-26(31)24(18-21-11-6-3-7-12-21)29(19-22-13-8-14-23(27)17-22)25(30)16-15-20-9-4-2-5-10-20/h2-14,17,24H,15-16,18-19H2,1H3,(H,28,31)/t24-/m1/s1. The van der Waals surface area contributed by atoms with Crippen LogP contribution in [0.25, 0.3) is 0 Å². The topological polar surface area (TPSA) is 49.4 Å². The van der Waals surface area contributed by atoms with Crippen LogP contribution in [0.4, 0.5) is 0 Å². The van der Waals surface area contributed by atoms with E-state index in [2.05, 4.69) is 21.2 Å². The zero-order valence-corrected chi connectivity index (χ0v) is 19.2. The maximum atomic E-state index is 13.4. The lowest BCUT2D eigenvalue weighted by Crippen LogP contribution is -2.49. The molecule has 160 valence electrons. The molecule has 3 rings (SSSR count). The van der Waals surface area contributed by atoms with Gasteiger partial charge >= 0.3 is 0 Å². The zero-order valence-electron chi connectivity index (χ0n) is 17.6. The van der Waals surface area contributed by atoms with Gasteiger partial charge in [-0.05, 0) is 35.2 Å². The summed E-state index contributed by atoms with van der Waals surface area (Å²) in [6.07, 6.45) is 1.45. The number of benzene rings is 3. The molecule has 0 aliphatic carbocycles. The fourth-order valence-electron chi connectivity index (χ4n) is 3.59. The van der Waals surface area contributed by atoms with Crippen molar-refractivity contribution in [2.45, 2.75) is 31.8 Å². The van der Waals surface area contributed by atoms with E-state index in [1.54, 1.807) is 11.9 Å². The Kier molecular flexibility index (Phi) is 8.42. The molecule has 4 nitrogen and oxygen atoms in total. The molecule has 1 N–H and O–H groups in total. The smallest absolute Gasteiger partial charge is 0.242 e.